The van der Waals surface area contributed by atoms with Crippen molar-refractivity contribution in [3.8, 4) is 11.1 Å². The Morgan fingerprint density at radius 2 is 1.50 bits per heavy atom. The number of unbranched alkanes of at least 4 members (excludes halogenated alkanes) is 3. The van der Waals surface area contributed by atoms with E-state index in [-0.39, 0.29) is 6.61 Å². The van der Waals surface area contributed by atoms with E-state index in [0.717, 1.165) is 10.9 Å². The zero-order valence-electron chi connectivity index (χ0n) is 14.5. The number of fused-ring (bicyclic) bond motifs is 1. The quantitative estimate of drug-likeness (QED) is 0.520. The van der Waals surface area contributed by atoms with E-state index >= 15 is 0 Å². The average Bonchev–Trinajstić information content (AvgIpc) is 2.65. The summed E-state index contributed by atoms with van der Waals surface area (Å²) in [6.45, 7) is 2.33. The molecular formula is C23H26O. The van der Waals surface area contributed by atoms with Crippen LogP contribution in [0.4, 0.5) is 0 Å². The summed E-state index contributed by atoms with van der Waals surface area (Å²) in [5.74, 6) is 0. The summed E-state index contributed by atoms with van der Waals surface area (Å²) in [5.41, 5.74) is 4.89. The van der Waals surface area contributed by atoms with Crippen molar-refractivity contribution in [3.63, 3.8) is 0 Å². The van der Waals surface area contributed by atoms with E-state index in [1.165, 1.54) is 54.2 Å². The Hall–Kier alpha value is -2.12. The lowest BCUT2D eigenvalue weighted by molar-refractivity contribution is 0.283. The lowest BCUT2D eigenvalue weighted by Crippen LogP contribution is -1.90. The van der Waals surface area contributed by atoms with Crippen molar-refractivity contribution in [3.05, 3.63) is 71.8 Å². The fourth-order valence-corrected chi connectivity index (χ4v) is 3.36. The van der Waals surface area contributed by atoms with Crippen LogP contribution in [0, 0.1) is 0 Å². The van der Waals surface area contributed by atoms with Gasteiger partial charge in [-0.25, -0.2) is 0 Å². The molecule has 3 rings (SSSR count). The van der Waals surface area contributed by atoms with E-state index in [9.17, 15) is 5.11 Å². The highest BCUT2D eigenvalue weighted by atomic mass is 16.3. The SMILES string of the molecule is CCCCCCc1ccc(-c2ccc(CO)c3ccccc23)cc1. The van der Waals surface area contributed by atoms with Crippen molar-refractivity contribution in [1.29, 1.82) is 0 Å². The monoisotopic (exact) mass is 318 g/mol. The summed E-state index contributed by atoms with van der Waals surface area (Å²) in [6.07, 6.45) is 6.40. The van der Waals surface area contributed by atoms with E-state index in [0.29, 0.717) is 0 Å². The molecule has 0 aliphatic rings. The second kappa shape index (κ2) is 8.12. The molecule has 1 heteroatoms. The molecule has 0 aliphatic heterocycles. The van der Waals surface area contributed by atoms with Crippen molar-refractivity contribution in [2.24, 2.45) is 0 Å². The molecule has 1 N–H and O–H groups in total. The summed E-state index contributed by atoms with van der Waals surface area (Å²) in [7, 11) is 0. The molecule has 0 atom stereocenters. The number of benzene rings is 3. The molecule has 0 spiro atoms. The Bertz CT molecular complexity index is 787. The van der Waals surface area contributed by atoms with E-state index in [1.807, 2.05) is 12.1 Å². The number of aliphatic hydroxyl groups excluding tert-OH is 1. The average molecular weight is 318 g/mol. The summed E-state index contributed by atoms with van der Waals surface area (Å²) in [4.78, 5) is 0. The maximum Gasteiger partial charge on any atom is 0.0687 e. The third kappa shape index (κ3) is 3.68. The van der Waals surface area contributed by atoms with Gasteiger partial charge >= 0.3 is 0 Å². The van der Waals surface area contributed by atoms with Gasteiger partial charge in [-0.1, -0.05) is 86.8 Å². The highest BCUT2D eigenvalue weighted by Gasteiger charge is 2.07. The number of hydrogen-bond donors (Lipinski definition) is 1. The van der Waals surface area contributed by atoms with Crippen LogP contribution in [0.3, 0.4) is 0 Å². The maximum absolute atomic E-state index is 9.55. The van der Waals surface area contributed by atoms with Gasteiger partial charge in [0.25, 0.3) is 0 Å². The van der Waals surface area contributed by atoms with Gasteiger partial charge < -0.3 is 5.11 Å². The molecule has 0 fully saturated rings. The lowest BCUT2D eigenvalue weighted by Gasteiger charge is -2.11. The molecule has 0 unspecified atom stereocenters. The van der Waals surface area contributed by atoms with E-state index in [1.54, 1.807) is 0 Å². The van der Waals surface area contributed by atoms with E-state index < -0.39 is 0 Å². The van der Waals surface area contributed by atoms with Crippen LogP contribution in [0.5, 0.6) is 0 Å². The number of aliphatic hydroxyl groups is 1. The van der Waals surface area contributed by atoms with Gasteiger partial charge in [0.1, 0.15) is 0 Å². The molecular weight excluding hydrogens is 292 g/mol. The van der Waals surface area contributed by atoms with Crippen LogP contribution in [0.15, 0.2) is 60.7 Å². The first-order chi connectivity index (χ1) is 11.8. The molecule has 3 aromatic rings. The molecule has 0 aromatic heterocycles. The molecule has 0 bridgehead atoms. The summed E-state index contributed by atoms with van der Waals surface area (Å²) < 4.78 is 0. The highest BCUT2D eigenvalue weighted by molar-refractivity contribution is 5.98. The third-order valence-electron chi connectivity index (χ3n) is 4.77. The van der Waals surface area contributed by atoms with Gasteiger partial charge in [0.2, 0.25) is 0 Å². The normalized spacial score (nSPS) is 11.1. The Balaban J connectivity index is 1.86. The van der Waals surface area contributed by atoms with Gasteiger partial charge in [0, 0.05) is 0 Å². The molecule has 0 radical (unpaired) electrons. The molecule has 0 saturated carbocycles. The van der Waals surface area contributed by atoms with Crippen molar-refractivity contribution in [2.45, 2.75) is 45.6 Å². The first-order valence-corrected chi connectivity index (χ1v) is 9.04. The van der Waals surface area contributed by atoms with Gasteiger partial charge in [-0.05, 0) is 45.9 Å². The first kappa shape index (κ1) is 16.7. The van der Waals surface area contributed by atoms with Gasteiger partial charge in [-0.15, -0.1) is 0 Å². The van der Waals surface area contributed by atoms with E-state index in [4.69, 9.17) is 0 Å². The van der Waals surface area contributed by atoms with Crippen molar-refractivity contribution >= 4 is 10.8 Å². The zero-order valence-corrected chi connectivity index (χ0v) is 14.5. The predicted molar refractivity (Wildman–Crippen MR) is 103 cm³/mol. The highest BCUT2D eigenvalue weighted by Crippen LogP contribution is 2.31. The second-order valence-corrected chi connectivity index (χ2v) is 6.48. The van der Waals surface area contributed by atoms with Crippen LogP contribution in [0.25, 0.3) is 21.9 Å². The standard InChI is InChI=1S/C23H26O/c1-2-3-4-5-8-18-11-13-19(14-12-18)22-16-15-20(17-24)21-9-6-7-10-23(21)22/h6-7,9-16,24H,2-5,8,17H2,1H3. The molecule has 0 amide bonds. The maximum atomic E-state index is 9.55. The number of rotatable bonds is 7. The van der Waals surface area contributed by atoms with E-state index in [2.05, 4.69) is 55.5 Å². The predicted octanol–water partition coefficient (Wildman–Crippen LogP) is 6.12. The second-order valence-electron chi connectivity index (χ2n) is 6.48. The minimum atomic E-state index is 0.0808. The molecule has 0 saturated heterocycles. The van der Waals surface area contributed by atoms with Crippen molar-refractivity contribution in [1.82, 2.24) is 0 Å². The van der Waals surface area contributed by atoms with Gasteiger partial charge in [0.05, 0.1) is 6.61 Å². The minimum absolute atomic E-state index is 0.0808. The number of hydrogen-bond acceptors (Lipinski definition) is 1. The van der Waals surface area contributed by atoms with Crippen LogP contribution in [0.1, 0.15) is 43.7 Å². The van der Waals surface area contributed by atoms with Crippen molar-refractivity contribution < 1.29 is 5.11 Å². The molecule has 3 aromatic carbocycles. The van der Waals surface area contributed by atoms with Gasteiger partial charge in [0.15, 0.2) is 0 Å². The Morgan fingerprint density at radius 3 is 2.21 bits per heavy atom. The van der Waals surface area contributed by atoms with Gasteiger partial charge in [-0.3, -0.25) is 0 Å². The molecule has 124 valence electrons. The lowest BCUT2D eigenvalue weighted by atomic mass is 9.94. The van der Waals surface area contributed by atoms with Gasteiger partial charge in [-0.2, -0.15) is 0 Å². The van der Waals surface area contributed by atoms with Crippen LogP contribution >= 0.6 is 0 Å². The molecule has 0 aliphatic carbocycles. The summed E-state index contributed by atoms with van der Waals surface area (Å²) in [5, 5.41) is 11.9. The minimum Gasteiger partial charge on any atom is -0.392 e. The Kier molecular flexibility index (Phi) is 5.66. The smallest absolute Gasteiger partial charge is 0.0687 e. The molecule has 0 heterocycles. The van der Waals surface area contributed by atoms with Crippen molar-refractivity contribution in [2.75, 3.05) is 0 Å². The fourth-order valence-electron chi connectivity index (χ4n) is 3.36. The molecule has 1 nitrogen and oxygen atoms in total. The van der Waals surface area contributed by atoms with Crippen LogP contribution in [-0.2, 0) is 13.0 Å². The molecule has 24 heavy (non-hydrogen) atoms. The summed E-state index contributed by atoms with van der Waals surface area (Å²) >= 11 is 0. The fraction of sp³-hybridized carbons (Fsp3) is 0.304. The Morgan fingerprint density at radius 1 is 0.750 bits per heavy atom. The zero-order chi connectivity index (χ0) is 16.8. The number of aryl methyl sites for hydroxylation is 1. The van der Waals surface area contributed by atoms with Crippen LogP contribution in [-0.4, -0.2) is 5.11 Å². The first-order valence-electron chi connectivity index (χ1n) is 9.04. The Labute approximate surface area is 145 Å². The largest absolute Gasteiger partial charge is 0.392 e. The third-order valence-corrected chi connectivity index (χ3v) is 4.77. The van der Waals surface area contributed by atoms with Crippen LogP contribution < -0.4 is 0 Å². The topological polar surface area (TPSA) is 20.2 Å². The summed E-state index contributed by atoms with van der Waals surface area (Å²) in [6, 6.07) is 21.5. The van der Waals surface area contributed by atoms with Crippen LogP contribution in [0.2, 0.25) is 0 Å².